The van der Waals surface area contributed by atoms with Crippen LogP contribution in [0.15, 0.2) is 95.2 Å². The first-order valence-corrected chi connectivity index (χ1v) is 13.0. The Morgan fingerprint density at radius 3 is 2.59 bits per heavy atom. The lowest BCUT2D eigenvalue weighted by Crippen LogP contribution is -2.17. The highest BCUT2D eigenvalue weighted by atomic mass is 35.5. The molecule has 0 spiro atoms. The van der Waals surface area contributed by atoms with Crippen LogP contribution in [0.2, 0.25) is 10.0 Å². The number of ether oxygens (including phenoxy) is 2. The number of hydrazone groups is 1. The fourth-order valence-electron chi connectivity index (χ4n) is 3.31. The summed E-state index contributed by atoms with van der Waals surface area (Å²) in [6, 6.07) is 23.6. The minimum atomic E-state index is -0.331. The molecular formula is C28H23Cl2N3O3S. The summed E-state index contributed by atoms with van der Waals surface area (Å²) in [5.41, 5.74) is 5.67. The molecule has 1 aromatic heterocycles. The molecular weight excluding hydrogens is 529 g/mol. The van der Waals surface area contributed by atoms with Crippen molar-refractivity contribution in [1.29, 1.82) is 0 Å². The Balaban J connectivity index is 1.32. The van der Waals surface area contributed by atoms with Crippen molar-refractivity contribution >= 4 is 47.1 Å². The molecule has 0 fully saturated rings. The number of halogens is 2. The lowest BCUT2D eigenvalue weighted by atomic mass is 10.1. The van der Waals surface area contributed by atoms with E-state index in [-0.39, 0.29) is 12.5 Å². The fraction of sp³-hybridized carbons (Fsp3) is 0.107. The van der Waals surface area contributed by atoms with Crippen molar-refractivity contribution in [3.05, 3.63) is 117 Å². The van der Waals surface area contributed by atoms with Crippen molar-refractivity contribution in [3.63, 3.8) is 0 Å². The number of rotatable bonds is 10. The molecule has 0 aliphatic carbocycles. The Labute approximate surface area is 229 Å². The van der Waals surface area contributed by atoms with Gasteiger partial charge in [-0.2, -0.15) is 5.10 Å². The molecule has 1 N–H and O–H groups in total. The number of carbonyl (C=O) groups is 1. The predicted molar refractivity (Wildman–Crippen MR) is 149 cm³/mol. The maximum Gasteiger partial charge on any atom is 0.271 e. The second-order valence-electron chi connectivity index (χ2n) is 7.78. The molecule has 0 saturated carbocycles. The number of amides is 1. The molecule has 188 valence electrons. The van der Waals surface area contributed by atoms with E-state index in [4.69, 9.17) is 32.7 Å². The topological polar surface area (TPSA) is 72.8 Å². The summed E-state index contributed by atoms with van der Waals surface area (Å²) in [7, 11) is 1.64. The standard InChI is InChI=1S/C28H23Cl2N3O3S/c1-35-26-12-5-19(14-22(26)18-37-27-4-2-3-13-31-27)16-32-33-28(34)20-7-10-24(11-8-20)36-17-21-6-9-23(29)15-25(21)30/h2-16H,17-18H2,1H3,(H,33,34)/b32-16+. The third-order valence-electron chi connectivity index (χ3n) is 5.22. The maximum absolute atomic E-state index is 12.5. The molecule has 0 saturated heterocycles. The van der Waals surface area contributed by atoms with Gasteiger partial charge in [-0.1, -0.05) is 35.3 Å². The van der Waals surface area contributed by atoms with Crippen molar-refractivity contribution in [2.24, 2.45) is 5.10 Å². The molecule has 4 rings (SSSR count). The number of nitrogens with one attached hydrogen (secondary N) is 1. The molecule has 4 aromatic rings. The van der Waals surface area contributed by atoms with Crippen LogP contribution in [0.5, 0.6) is 11.5 Å². The van der Waals surface area contributed by atoms with Crippen molar-refractivity contribution in [1.82, 2.24) is 10.4 Å². The average Bonchev–Trinajstić information content (AvgIpc) is 2.92. The molecule has 0 aliphatic heterocycles. The summed E-state index contributed by atoms with van der Waals surface area (Å²) in [5, 5.41) is 6.15. The molecule has 0 bridgehead atoms. The van der Waals surface area contributed by atoms with Gasteiger partial charge < -0.3 is 9.47 Å². The maximum atomic E-state index is 12.5. The van der Waals surface area contributed by atoms with E-state index in [0.29, 0.717) is 27.1 Å². The Hall–Kier alpha value is -3.52. The smallest absolute Gasteiger partial charge is 0.271 e. The van der Waals surface area contributed by atoms with Crippen LogP contribution in [0.3, 0.4) is 0 Å². The van der Waals surface area contributed by atoms with Crippen LogP contribution < -0.4 is 14.9 Å². The number of methoxy groups -OCH3 is 1. The number of carbonyl (C=O) groups excluding carboxylic acids is 1. The van der Waals surface area contributed by atoms with Crippen LogP contribution >= 0.6 is 35.0 Å². The van der Waals surface area contributed by atoms with Crippen molar-refractivity contribution in [3.8, 4) is 11.5 Å². The molecule has 6 nitrogen and oxygen atoms in total. The van der Waals surface area contributed by atoms with Gasteiger partial charge in [0.25, 0.3) is 5.91 Å². The number of pyridine rings is 1. The lowest BCUT2D eigenvalue weighted by Gasteiger charge is -2.09. The quantitative estimate of drug-likeness (QED) is 0.130. The summed E-state index contributed by atoms with van der Waals surface area (Å²) < 4.78 is 11.2. The minimum absolute atomic E-state index is 0.288. The fourth-order valence-corrected chi connectivity index (χ4v) is 4.61. The van der Waals surface area contributed by atoms with Gasteiger partial charge in [-0.05, 0) is 72.3 Å². The van der Waals surface area contributed by atoms with E-state index < -0.39 is 0 Å². The summed E-state index contributed by atoms with van der Waals surface area (Å²) in [4.78, 5) is 16.8. The molecule has 0 atom stereocenters. The molecule has 9 heteroatoms. The van der Waals surface area contributed by atoms with Crippen LogP contribution in [-0.4, -0.2) is 24.2 Å². The number of hydrogen-bond donors (Lipinski definition) is 1. The van der Waals surface area contributed by atoms with Gasteiger partial charge in [0, 0.05) is 38.7 Å². The second kappa shape index (κ2) is 13.1. The first kappa shape index (κ1) is 26.5. The number of benzene rings is 3. The molecule has 0 aliphatic rings. The van der Waals surface area contributed by atoms with E-state index in [1.165, 1.54) is 0 Å². The zero-order chi connectivity index (χ0) is 26.0. The average molecular weight is 552 g/mol. The number of nitrogens with zero attached hydrogens (tertiary/aromatic N) is 2. The van der Waals surface area contributed by atoms with E-state index in [1.807, 2.05) is 42.5 Å². The van der Waals surface area contributed by atoms with E-state index in [9.17, 15) is 4.79 Å². The highest BCUT2D eigenvalue weighted by Gasteiger charge is 2.08. The van der Waals surface area contributed by atoms with Gasteiger partial charge in [-0.15, -0.1) is 11.8 Å². The second-order valence-corrected chi connectivity index (χ2v) is 9.62. The number of thioether (sulfide) groups is 1. The summed E-state index contributed by atoms with van der Waals surface area (Å²) in [5.74, 6) is 1.75. The number of aromatic nitrogens is 1. The highest BCUT2D eigenvalue weighted by Crippen LogP contribution is 2.27. The highest BCUT2D eigenvalue weighted by molar-refractivity contribution is 7.98. The summed E-state index contributed by atoms with van der Waals surface area (Å²) >= 11 is 13.7. The third-order valence-corrected chi connectivity index (χ3v) is 6.80. The van der Waals surface area contributed by atoms with E-state index in [0.717, 1.165) is 27.5 Å². The number of hydrogen-bond acceptors (Lipinski definition) is 6. The molecule has 1 amide bonds. The monoisotopic (exact) mass is 551 g/mol. The van der Waals surface area contributed by atoms with E-state index >= 15 is 0 Å². The molecule has 1 heterocycles. The van der Waals surface area contributed by atoms with Gasteiger partial charge in [-0.3, -0.25) is 4.79 Å². The Kier molecular flexibility index (Phi) is 9.43. The zero-order valence-corrected chi connectivity index (χ0v) is 22.2. The Bertz CT molecular complexity index is 1380. The first-order valence-electron chi connectivity index (χ1n) is 11.2. The van der Waals surface area contributed by atoms with E-state index in [1.54, 1.807) is 67.7 Å². The van der Waals surface area contributed by atoms with Gasteiger partial charge in [0.15, 0.2) is 0 Å². The van der Waals surface area contributed by atoms with Crippen LogP contribution in [0.1, 0.15) is 27.0 Å². The lowest BCUT2D eigenvalue weighted by molar-refractivity contribution is 0.0955. The first-order chi connectivity index (χ1) is 18.0. The van der Waals surface area contributed by atoms with Crippen molar-refractivity contribution < 1.29 is 14.3 Å². The summed E-state index contributed by atoms with van der Waals surface area (Å²) in [6.07, 6.45) is 3.36. The normalized spacial score (nSPS) is 10.9. The molecule has 0 radical (unpaired) electrons. The van der Waals surface area contributed by atoms with Crippen LogP contribution in [0.25, 0.3) is 0 Å². The Morgan fingerprint density at radius 1 is 1.03 bits per heavy atom. The van der Waals surface area contributed by atoms with E-state index in [2.05, 4.69) is 15.5 Å². The molecule has 3 aromatic carbocycles. The van der Waals surface area contributed by atoms with Gasteiger partial charge >= 0.3 is 0 Å². The van der Waals surface area contributed by atoms with Gasteiger partial charge in [0.1, 0.15) is 18.1 Å². The zero-order valence-electron chi connectivity index (χ0n) is 19.9. The third kappa shape index (κ3) is 7.73. The molecule has 0 unspecified atom stereocenters. The van der Waals surface area contributed by atoms with Crippen LogP contribution in [0, 0.1) is 0 Å². The van der Waals surface area contributed by atoms with Gasteiger partial charge in [0.05, 0.1) is 18.4 Å². The van der Waals surface area contributed by atoms with Gasteiger partial charge in [0.2, 0.25) is 0 Å². The van der Waals surface area contributed by atoms with Crippen LogP contribution in [-0.2, 0) is 12.4 Å². The molecule has 37 heavy (non-hydrogen) atoms. The Morgan fingerprint density at radius 2 is 1.86 bits per heavy atom. The van der Waals surface area contributed by atoms with Crippen LogP contribution in [0.4, 0.5) is 0 Å². The largest absolute Gasteiger partial charge is 0.496 e. The summed E-state index contributed by atoms with van der Waals surface area (Å²) in [6.45, 7) is 0.288. The van der Waals surface area contributed by atoms with Crippen molar-refractivity contribution in [2.45, 2.75) is 17.4 Å². The SMILES string of the molecule is COc1ccc(/C=N/NC(=O)c2ccc(OCc3ccc(Cl)cc3Cl)cc2)cc1CSc1ccccn1. The minimum Gasteiger partial charge on any atom is -0.496 e. The predicted octanol–water partition coefficient (Wildman–Crippen LogP) is 7.03. The van der Waals surface area contributed by atoms with Gasteiger partial charge in [-0.25, -0.2) is 10.4 Å². The van der Waals surface area contributed by atoms with Crippen molar-refractivity contribution in [2.75, 3.05) is 7.11 Å².